The van der Waals surface area contributed by atoms with Crippen molar-refractivity contribution in [3.8, 4) is 0 Å². The van der Waals surface area contributed by atoms with Crippen LogP contribution in [0.25, 0.3) is 0 Å². The van der Waals surface area contributed by atoms with Crippen LogP contribution in [0, 0.1) is 11.8 Å². The van der Waals surface area contributed by atoms with E-state index in [0.29, 0.717) is 12.3 Å². The monoisotopic (exact) mass is 519 g/mol. The van der Waals surface area contributed by atoms with Gasteiger partial charge in [-0.1, -0.05) is 74.1 Å². The molecule has 0 rings (SSSR count). The molecule has 4 atom stereocenters. The summed E-state index contributed by atoms with van der Waals surface area (Å²) in [7, 11) is -4.08. The minimum absolute atomic E-state index is 0.0419. The van der Waals surface area contributed by atoms with Crippen LogP contribution in [0.5, 0.6) is 0 Å². The summed E-state index contributed by atoms with van der Waals surface area (Å²) in [4.78, 5) is 24.3. The molecule has 1 amide bonds. The fourth-order valence-corrected chi connectivity index (χ4v) is 6.90. The number of thioether (sulfide) groups is 1. The topological polar surface area (TPSA) is 64.6 Å². The molecule has 0 saturated carbocycles. The second-order valence-corrected chi connectivity index (χ2v) is 23.1. The van der Waals surface area contributed by atoms with E-state index in [1.165, 1.54) is 18.7 Å². The number of hydrogen-bond donors (Lipinski definition) is 1. The Hall–Kier alpha value is -0.156. The van der Waals surface area contributed by atoms with Crippen LogP contribution in [0.3, 0.4) is 0 Å². The Morgan fingerprint density at radius 1 is 0.909 bits per heavy atom. The summed E-state index contributed by atoms with van der Waals surface area (Å²) in [5, 5.41) is 3.06. The summed E-state index contributed by atoms with van der Waals surface area (Å²) in [6.45, 7) is 30.9. The number of hydrogen-bond acceptors (Lipinski definition) is 5. The van der Waals surface area contributed by atoms with Gasteiger partial charge in [-0.25, -0.2) is 0 Å². The molecular weight excluding hydrogens is 467 g/mol. The van der Waals surface area contributed by atoms with E-state index in [0.717, 1.165) is 6.42 Å². The number of carbonyl (C=O) groups excluding carboxylic acids is 2. The van der Waals surface area contributed by atoms with Crippen molar-refractivity contribution in [2.75, 3.05) is 12.3 Å². The second kappa shape index (κ2) is 12.7. The van der Waals surface area contributed by atoms with Crippen molar-refractivity contribution >= 4 is 39.4 Å². The first-order valence-electron chi connectivity index (χ1n) is 12.4. The third-order valence-electron chi connectivity index (χ3n) is 7.58. The van der Waals surface area contributed by atoms with E-state index in [4.69, 9.17) is 8.85 Å². The summed E-state index contributed by atoms with van der Waals surface area (Å²) in [5.74, 6) is 0.334. The van der Waals surface area contributed by atoms with E-state index in [9.17, 15) is 9.59 Å². The summed E-state index contributed by atoms with van der Waals surface area (Å²) < 4.78 is 13.8. The molecule has 1 N–H and O–H groups in total. The maximum atomic E-state index is 13.2. The van der Waals surface area contributed by atoms with Crippen LogP contribution >= 0.6 is 11.8 Å². The zero-order chi connectivity index (χ0) is 26.4. The van der Waals surface area contributed by atoms with Gasteiger partial charge in [0.1, 0.15) is 0 Å². The second-order valence-electron chi connectivity index (χ2n) is 12.5. The van der Waals surface area contributed by atoms with Gasteiger partial charge in [0.15, 0.2) is 21.8 Å². The smallest absolute Gasteiger partial charge is 0.216 e. The van der Waals surface area contributed by atoms with Crippen LogP contribution < -0.4 is 5.32 Å². The Morgan fingerprint density at radius 2 is 1.36 bits per heavy atom. The van der Waals surface area contributed by atoms with Crippen LogP contribution in [0.4, 0.5) is 0 Å². The van der Waals surface area contributed by atoms with Gasteiger partial charge in [0.25, 0.3) is 0 Å². The lowest BCUT2D eigenvalue weighted by molar-refractivity contribution is -0.119. The number of carbonyl (C=O) groups is 2. The first kappa shape index (κ1) is 32.8. The fourth-order valence-electron chi connectivity index (χ4n) is 3.16. The molecule has 33 heavy (non-hydrogen) atoms. The van der Waals surface area contributed by atoms with Gasteiger partial charge in [0.05, 0.1) is 12.0 Å². The lowest BCUT2D eigenvalue weighted by atomic mass is 9.89. The summed E-state index contributed by atoms with van der Waals surface area (Å²) >= 11 is 1.29. The number of rotatable bonds is 12. The number of nitrogens with one attached hydrogen (secondary N) is 1. The maximum absolute atomic E-state index is 13.2. The van der Waals surface area contributed by atoms with E-state index >= 15 is 0 Å². The molecule has 0 fully saturated rings. The molecule has 0 heterocycles. The van der Waals surface area contributed by atoms with E-state index in [2.05, 4.69) is 86.9 Å². The van der Waals surface area contributed by atoms with Crippen molar-refractivity contribution in [3.63, 3.8) is 0 Å². The molecule has 0 radical (unpaired) electrons. The van der Waals surface area contributed by atoms with Gasteiger partial charge >= 0.3 is 0 Å². The summed E-state index contributed by atoms with van der Waals surface area (Å²) in [6, 6.07) is 0. The molecule has 0 aliphatic carbocycles. The molecular formula is C25H53NO4SSi2. The third-order valence-corrected chi connectivity index (χ3v) is 17.6. The van der Waals surface area contributed by atoms with E-state index in [1.54, 1.807) is 0 Å². The van der Waals surface area contributed by atoms with E-state index in [-0.39, 0.29) is 45.1 Å². The van der Waals surface area contributed by atoms with Crippen LogP contribution in [0.15, 0.2) is 0 Å². The molecule has 0 aliphatic rings. The van der Waals surface area contributed by atoms with Gasteiger partial charge < -0.3 is 14.2 Å². The molecule has 0 aliphatic heterocycles. The van der Waals surface area contributed by atoms with Crippen molar-refractivity contribution < 1.29 is 18.4 Å². The average molecular weight is 520 g/mol. The van der Waals surface area contributed by atoms with E-state index < -0.39 is 16.6 Å². The minimum atomic E-state index is -2.11. The molecule has 0 aromatic carbocycles. The van der Waals surface area contributed by atoms with Crippen molar-refractivity contribution in [3.05, 3.63) is 0 Å². The van der Waals surface area contributed by atoms with Gasteiger partial charge in [-0.05, 0) is 42.7 Å². The molecule has 0 saturated heterocycles. The molecule has 0 aromatic rings. The standard InChI is InChI=1S/C25H53NO4SSi2/c1-15-21(29-32(11,12)24(5,6)7)18(2)22(30-33(13,14)25(8,9)10)19(3)23(28)31-17-16-26-20(4)27/h18-19,21-22H,15-17H2,1-14H3,(H,26,27)/t18-,19+,21+,22-/m0/s1. The van der Waals surface area contributed by atoms with Gasteiger partial charge in [-0.15, -0.1) is 0 Å². The first-order chi connectivity index (χ1) is 14.7. The molecule has 0 unspecified atom stereocenters. The zero-order valence-corrected chi connectivity index (χ0v) is 26.8. The quantitative estimate of drug-likeness (QED) is 0.226. The van der Waals surface area contributed by atoms with Gasteiger partial charge in [-0.3, -0.25) is 9.59 Å². The maximum Gasteiger partial charge on any atom is 0.216 e. The Morgan fingerprint density at radius 3 is 1.76 bits per heavy atom. The Labute approximate surface area is 211 Å². The molecule has 5 nitrogen and oxygen atoms in total. The van der Waals surface area contributed by atoms with Gasteiger partial charge in [0, 0.05) is 31.2 Å². The van der Waals surface area contributed by atoms with Crippen molar-refractivity contribution in [1.29, 1.82) is 0 Å². The highest BCUT2D eigenvalue weighted by Crippen LogP contribution is 2.42. The summed E-state index contributed by atoms with van der Waals surface area (Å²) in [6.07, 6.45) is 0.725. The number of amides is 1. The summed E-state index contributed by atoms with van der Waals surface area (Å²) in [5.41, 5.74) is 0. The largest absolute Gasteiger partial charge is 0.414 e. The lowest BCUT2D eigenvalue weighted by Gasteiger charge is -2.46. The molecule has 196 valence electrons. The molecule has 0 bridgehead atoms. The fraction of sp³-hybridized carbons (Fsp3) is 0.920. The predicted octanol–water partition coefficient (Wildman–Crippen LogP) is 6.85. The van der Waals surface area contributed by atoms with Crippen LogP contribution in [-0.4, -0.2) is 52.2 Å². The highest BCUT2D eigenvalue weighted by molar-refractivity contribution is 8.13. The van der Waals surface area contributed by atoms with Gasteiger partial charge in [-0.2, -0.15) is 0 Å². The van der Waals surface area contributed by atoms with Crippen LogP contribution in [0.1, 0.15) is 75.7 Å². The Balaban J connectivity index is 5.84. The third kappa shape index (κ3) is 10.2. The minimum Gasteiger partial charge on any atom is -0.414 e. The lowest BCUT2D eigenvalue weighted by Crippen LogP contribution is -2.52. The van der Waals surface area contributed by atoms with Crippen LogP contribution in [0.2, 0.25) is 36.3 Å². The molecule has 0 spiro atoms. The van der Waals surface area contributed by atoms with Crippen LogP contribution in [-0.2, 0) is 18.4 Å². The highest BCUT2D eigenvalue weighted by atomic mass is 32.2. The first-order valence-corrected chi connectivity index (χ1v) is 19.2. The predicted molar refractivity (Wildman–Crippen MR) is 149 cm³/mol. The Kier molecular flexibility index (Phi) is 12.6. The average Bonchev–Trinajstić information content (AvgIpc) is 2.64. The van der Waals surface area contributed by atoms with E-state index in [1.807, 2.05) is 6.92 Å². The molecule has 8 heteroatoms. The molecule has 0 aromatic heterocycles. The SMILES string of the molecule is CC[C@@H](O[Si](C)(C)C(C)(C)C)[C@H](C)[C@H](O[Si](C)(C)C(C)(C)C)[C@@H](C)C(=O)SCCNC(C)=O. The Bertz CT molecular complexity index is 641. The van der Waals surface area contributed by atoms with Crippen molar-refractivity contribution in [1.82, 2.24) is 5.32 Å². The van der Waals surface area contributed by atoms with Crippen molar-refractivity contribution in [2.24, 2.45) is 11.8 Å². The highest BCUT2D eigenvalue weighted by Gasteiger charge is 2.46. The normalized spacial score (nSPS) is 17.3. The van der Waals surface area contributed by atoms with Gasteiger partial charge in [0.2, 0.25) is 5.91 Å². The van der Waals surface area contributed by atoms with Crippen molar-refractivity contribution in [2.45, 2.75) is 124 Å². The zero-order valence-electron chi connectivity index (χ0n) is 24.0.